The van der Waals surface area contributed by atoms with Crippen molar-refractivity contribution in [1.82, 2.24) is 14.9 Å². The number of carbonyl (C=O) groups is 1. The Kier molecular flexibility index (Phi) is 4.73. The highest BCUT2D eigenvalue weighted by molar-refractivity contribution is 7.16. The van der Waals surface area contributed by atoms with Gasteiger partial charge in [-0.2, -0.15) is 0 Å². The molecule has 0 aliphatic heterocycles. The normalized spacial score (nSPS) is 10.1. The Bertz CT molecular complexity index is 919. The van der Waals surface area contributed by atoms with Crippen molar-refractivity contribution in [3.63, 3.8) is 0 Å². The molecular formula is C18H14FN3OS. The molecule has 0 radical (unpaired) electrons. The highest BCUT2D eigenvalue weighted by Crippen LogP contribution is 2.21. The summed E-state index contributed by atoms with van der Waals surface area (Å²) in [4.78, 5) is 17.2. The number of aromatic nitrogens is 2. The third-order valence-electron chi connectivity index (χ3n) is 3.25. The summed E-state index contributed by atoms with van der Waals surface area (Å²) in [6.45, 7) is 1.94. The molecule has 2 aromatic heterocycles. The molecule has 3 rings (SSSR count). The monoisotopic (exact) mass is 339 g/mol. The van der Waals surface area contributed by atoms with Gasteiger partial charge in [0.25, 0.3) is 5.91 Å². The molecule has 0 aliphatic rings. The van der Waals surface area contributed by atoms with Gasteiger partial charge in [0.05, 0.1) is 17.8 Å². The summed E-state index contributed by atoms with van der Waals surface area (Å²) >= 11 is 1.31. The van der Waals surface area contributed by atoms with Gasteiger partial charge < -0.3 is 9.88 Å². The van der Waals surface area contributed by atoms with E-state index in [1.54, 1.807) is 25.1 Å². The van der Waals surface area contributed by atoms with E-state index < -0.39 is 0 Å². The Morgan fingerprint density at radius 2 is 2.04 bits per heavy atom. The summed E-state index contributed by atoms with van der Waals surface area (Å²) < 4.78 is 15.3. The van der Waals surface area contributed by atoms with E-state index in [1.165, 1.54) is 17.4 Å². The number of nitrogens with one attached hydrogen (secondary N) is 1. The van der Waals surface area contributed by atoms with Gasteiger partial charge in [-0.05, 0) is 31.2 Å². The standard InChI is InChI=1S/C18H14FN3OS/c1-13-16(24-18(21-13)22-11-4-5-12-22)17(23)20-10-6-8-14-7-2-3-9-15(14)19/h2-5,7,9,11-12H,10H2,1H3,(H,20,23). The van der Waals surface area contributed by atoms with Crippen LogP contribution in [0.25, 0.3) is 5.13 Å². The molecule has 6 heteroatoms. The van der Waals surface area contributed by atoms with E-state index in [4.69, 9.17) is 0 Å². The number of halogens is 1. The first-order valence-electron chi connectivity index (χ1n) is 7.27. The van der Waals surface area contributed by atoms with Crippen molar-refractivity contribution < 1.29 is 9.18 Å². The van der Waals surface area contributed by atoms with Crippen LogP contribution >= 0.6 is 11.3 Å². The lowest BCUT2D eigenvalue weighted by atomic mass is 10.2. The van der Waals surface area contributed by atoms with Gasteiger partial charge in [-0.15, -0.1) is 0 Å². The average Bonchev–Trinajstić information content (AvgIpc) is 3.22. The Hall–Kier alpha value is -2.91. The van der Waals surface area contributed by atoms with Gasteiger partial charge in [0, 0.05) is 12.4 Å². The number of rotatable bonds is 3. The summed E-state index contributed by atoms with van der Waals surface area (Å²) in [7, 11) is 0. The van der Waals surface area contributed by atoms with Crippen LogP contribution in [-0.4, -0.2) is 22.0 Å². The second kappa shape index (κ2) is 7.11. The summed E-state index contributed by atoms with van der Waals surface area (Å²) in [6.07, 6.45) is 3.75. The number of aryl methyl sites for hydroxylation is 1. The average molecular weight is 339 g/mol. The van der Waals surface area contributed by atoms with E-state index in [-0.39, 0.29) is 18.3 Å². The lowest BCUT2D eigenvalue weighted by Crippen LogP contribution is -2.23. The van der Waals surface area contributed by atoms with Crippen LogP contribution in [-0.2, 0) is 0 Å². The van der Waals surface area contributed by atoms with Gasteiger partial charge >= 0.3 is 0 Å². The third-order valence-corrected chi connectivity index (χ3v) is 4.42. The molecule has 0 spiro atoms. The number of nitrogens with zero attached hydrogens (tertiary/aromatic N) is 2. The predicted molar refractivity (Wildman–Crippen MR) is 91.8 cm³/mol. The number of hydrogen-bond acceptors (Lipinski definition) is 3. The van der Waals surface area contributed by atoms with Gasteiger partial charge in [0.1, 0.15) is 10.7 Å². The SMILES string of the molecule is Cc1nc(-n2cccc2)sc1C(=O)NCC#Cc1ccccc1F. The van der Waals surface area contributed by atoms with E-state index in [1.807, 2.05) is 29.1 Å². The number of hydrogen-bond donors (Lipinski definition) is 1. The van der Waals surface area contributed by atoms with Crippen molar-refractivity contribution in [2.24, 2.45) is 0 Å². The Balaban J connectivity index is 1.65. The third kappa shape index (κ3) is 3.53. The van der Waals surface area contributed by atoms with Crippen molar-refractivity contribution in [3.8, 4) is 17.0 Å². The van der Waals surface area contributed by atoms with Crippen LogP contribution in [0.2, 0.25) is 0 Å². The molecule has 1 aromatic carbocycles. The van der Waals surface area contributed by atoms with E-state index in [2.05, 4.69) is 22.1 Å². The first-order valence-corrected chi connectivity index (χ1v) is 8.09. The highest BCUT2D eigenvalue weighted by atomic mass is 32.1. The maximum atomic E-state index is 13.4. The van der Waals surface area contributed by atoms with Gasteiger partial charge in [0.15, 0.2) is 5.13 Å². The first-order chi connectivity index (χ1) is 11.6. The second-order valence-electron chi connectivity index (χ2n) is 4.97. The number of benzene rings is 1. The molecule has 0 unspecified atom stereocenters. The zero-order valence-electron chi connectivity index (χ0n) is 12.9. The molecule has 1 amide bonds. The maximum absolute atomic E-state index is 13.4. The minimum Gasteiger partial charge on any atom is -0.340 e. The maximum Gasteiger partial charge on any atom is 0.264 e. The molecule has 0 aliphatic carbocycles. The van der Waals surface area contributed by atoms with Crippen LogP contribution in [0.1, 0.15) is 20.9 Å². The molecule has 3 aromatic rings. The van der Waals surface area contributed by atoms with Crippen molar-refractivity contribution in [3.05, 3.63) is 70.7 Å². The van der Waals surface area contributed by atoms with Crippen molar-refractivity contribution in [2.75, 3.05) is 6.54 Å². The van der Waals surface area contributed by atoms with E-state index in [0.717, 1.165) is 5.13 Å². The van der Waals surface area contributed by atoms with Gasteiger partial charge in [-0.1, -0.05) is 35.3 Å². The number of carbonyl (C=O) groups excluding carboxylic acids is 1. The second-order valence-corrected chi connectivity index (χ2v) is 5.94. The van der Waals surface area contributed by atoms with Crippen LogP contribution in [0.5, 0.6) is 0 Å². The molecule has 4 nitrogen and oxygen atoms in total. The molecule has 1 N–H and O–H groups in total. The molecule has 2 heterocycles. The molecule has 0 saturated carbocycles. The molecular weight excluding hydrogens is 325 g/mol. The van der Waals surface area contributed by atoms with E-state index in [0.29, 0.717) is 16.1 Å². The zero-order valence-corrected chi connectivity index (χ0v) is 13.7. The van der Waals surface area contributed by atoms with Crippen molar-refractivity contribution in [2.45, 2.75) is 6.92 Å². The molecule has 120 valence electrons. The number of amides is 1. The molecule has 0 bridgehead atoms. The fourth-order valence-corrected chi connectivity index (χ4v) is 3.02. The Morgan fingerprint density at radius 1 is 1.29 bits per heavy atom. The van der Waals surface area contributed by atoms with Gasteiger partial charge in [-0.3, -0.25) is 4.79 Å². The fourth-order valence-electron chi connectivity index (χ4n) is 2.07. The highest BCUT2D eigenvalue weighted by Gasteiger charge is 2.15. The zero-order chi connectivity index (χ0) is 16.9. The van der Waals surface area contributed by atoms with Crippen LogP contribution in [0, 0.1) is 24.6 Å². The van der Waals surface area contributed by atoms with Gasteiger partial charge in [0.2, 0.25) is 0 Å². The summed E-state index contributed by atoms with van der Waals surface area (Å²) in [5.74, 6) is 4.86. The number of thiazole rings is 1. The van der Waals surface area contributed by atoms with Crippen LogP contribution < -0.4 is 5.32 Å². The Labute approximate surface area is 143 Å². The van der Waals surface area contributed by atoms with Crippen molar-refractivity contribution >= 4 is 17.2 Å². The smallest absolute Gasteiger partial charge is 0.264 e. The summed E-state index contributed by atoms with van der Waals surface area (Å²) in [5, 5.41) is 3.45. The first kappa shape index (κ1) is 16.0. The van der Waals surface area contributed by atoms with Gasteiger partial charge in [-0.25, -0.2) is 9.37 Å². The minimum atomic E-state index is -0.369. The van der Waals surface area contributed by atoms with Crippen LogP contribution in [0.4, 0.5) is 4.39 Å². The minimum absolute atomic E-state index is 0.142. The molecule has 0 saturated heterocycles. The lowest BCUT2D eigenvalue weighted by molar-refractivity contribution is 0.0962. The van der Waals surface area contributed by atoms with E-state index >= 15 is 0 Å². The molecule has 0 atom stereocenters. The molecule has 0 fully saturated rings. The van der Waals surface area contributed by atoms with Crippen molar-refractivity contribution in [1.29, 1.82) is 0 Å². The van der Waals surface area contributed by atoms with E-state index in [9.17, 15) is 9.18 Å². The topological polar surface area (TPSA) is 46.9 Å². The lowest BCUT2D eigenvalue weighted by Gasteiger charge is -1.98. The summed E-state index contributed by atoms with van der Waals surface area (Å²) in [5.41, 5.74) is 0.985. The van der Waals surface area contributed by atoms with Crippen LogP contribution in [0.3, 0.4) is 0 Å². The largest absolute Gasteiger partial charge is 0.340 e. The van der Waals surface area contributed by atoms with Crippen LogP contribution in [0.15, 0.2) is 48.8 Å². The molecule has 24 heavy (non-hydrogen) atoms. The Morgan fingerprint density at radius 3 is 2.79 bits per heavy atom. The predicted octanol–water partition coefficient (Wildman–Crippen LogP) is 3.16. The summed E-state index contributed by atoms with van der Waals surface area (Å²) in [6, 6.07) is 10.1. The quantitative estimate of drug-likeness (QED) is 0.745. The fraction of sp³-hybridized carbons (Fsp3) is 0.111.